The average molecular weight is 471 g/mol. The molecule has 0 aliphatic carbocycles. The van der Waals surface area contributed by atoms with Crippen molar-refractivity contribution in [3.05, 3.63) is 29.8 Å². The molecule has 2 aromatic rings. The largest absolute Gasteiger partial charge is 0.416 e. The Morgan fingerprint density at radius 2 is 1.72 bits per heavy atom. The number of carbonyl (C=O) groups excluding carboxylic acids is 2. The van der Waals surface area contributed by atoms with Crippen molar-refractivity contribution in [2.75, 3.05) is 18.4 Å². The van der Waals surface area contributed by atoms with Gasteiger partial charge in [-0.15, -0.1) is 10.2 Å². The number of aromatic nitrogens is 2. The van der Waals surface area contributed by atoms with Gasteiger partial charge in [-0.2, -0.15) is 13.2 Å². The quantitative estimate of drug-likeness (QED) is 0.555. The molecule has 0 fully saturated rings. The molecule has 0 radical (unpaired) electrons. The van der Waals surface area contributed by atoms with Crippen molar-refractivity contribution in [1.29, 1.82) is 0 Å². The first kappa shape index (κ1) is 25.8. The number of halogens is 3. The predicted molar refractivity (Wildman–Crippen MR) is 119 cm³/mol. The van der Waals surface area contributed by atoms with Gasteiger partial charge in [0, 0.05) is 31.5 Å². The zero-order valence-corrected chi connectivity index (χ0v) is 19.7. The topological polar surface area (TPSA) is 75.2 Å². The molecule has 0 saturated carbocycles. The molecule has 32 heavy (non-hydrogen) atoms. The first-order valence-corrected chi connectivity index (χ1v) is 11.1. The SMILES string of the molecule is CC(C)CN(CCC(=O)Nc1nnc(-c2ccc(C(F)(F)F)cc2)s1)C(=O)CC(C)(C)C. The Morgan fingerprint density at radius 3 is 2.25 bits per heavy atom. The van der Waals surface area contributed by atoms with Gasteiger partial charge in [0.2, 0.25) is 16.9 Å². The van der Waals surface area contributed by atoms with E-state index < -0.39 is 11.7 Å². The van der Waals surface area contributed by atoms with Crippen molar-refractivity contribution in [3.63, 3.8) is 0 Å². The van der Waals surface area contributed by atoms with E-state index in [4.69, 9.17) is 0 Å². The highest BCUT2D eigenvalue weighted by molar-refractivity contribution is 7.18. The van der Waals surface area contributed by atoms with E-state index in [-0.39, 0.29) is 34.7 Å². The Morgan fingerprint density at radius 1 is 1.09 bits per heavy atom. The number of alkyl halides is 3. The molecule has 10 heteroatoms. The van der Waals surface area contributed by atoms with E-state index in [1.807, 2.05) is 34.6 Å². The number of rotatable bonds is 8. The lowest BCUT2D eigenvalue weighted by Crippen LogP contribution is -2.38. The second-order valence-corrected chi connectivity index (χ2v) is 10.2. The number of nitrogens with one attached hydrogen (secondary N) is 1. The normalized spacial score (nSPS) is 12.2. The molecule has 0 spiro atoms. The summed E-state index contributed by atoms with van der Waals surface area (Å²) in [6, 6.07) is 4.60. The van der Waals surface area contributed by atoms with E-state index >= 15 is 0 Å². The molecule has 1 aromatic carbocycles. The molecule has 2 amide bonds. The van der Waals surface area contributed by atoms with Crippen molar-refractivity contribution in [3.8, 4) is 10.6 Å². The highest BCUT2D eigenvalue weighted by atomic mass is 32.1. The second kappa shape index (κ2) is 10.4. The number of amides is 2. The highest BCUT2D eigenvalue weighted by Gasteiger charge is 2.30. The first-order valence-electron chi connectivity index (χ1n) is 10.3. The van der Waals surface area contributed by atoms with Crippen LogP contribution < -0.4 is 5.32 Å². The fourth-order valence-electron chi connectivity index (χ4n) is 2.93. The van der Waals surface area contributed by atoms with Crippen LogP contribution in [0.4, 0.5) is 18.3 Å². The van der Waals surface area contributed by atoms with Crippen LogP contribution in [0, 0.1) is 11.3 Å². The Balaban J connectivity index is 1.96. The number of hydrogen-bond acceptors (Lipinski definition) is 5. The molecule has 0 atom stereocenters. The molecule has 0 bridgehead atoms. The van der Waals surface area contributed by atoms with Gasteiger partial charge in [0.1, 0.15) is 5.01 Å². The summed E-state index contributed by atoms with van der Waals surface area (Å²) in [6.45, 7) is 10.9. The summed E-state index contributed by atoms with van der Waals surface area (Å²) < 4.78 is 38.1. The summed E-state index contributed by atoms with van der Waals surface area (Å²) in [7, 11) is 0. The van der Waals surface area contributed by atoms with E-state index in [2.05, 4.69) is 15.5 Å². The van der Waals surface area contributed by atoms with Gasteiger partial charge in [0.15, 0.2) is 0 Å². The third kappa shape index (κ3) is 8.22. The van der Waals surface area contributed by atoms with Gasteiger partial charge in [0.05, 0.1) is 5.56 Å². The van der Waals surface area contributed by atoms with Crippen LogP contribution in [0.1, 0.15) is 53.0 Å². The van der Waals surface area contributed by atoms with Crippen molar-refractivity contribution in [2.24, 2.45) is 11.3 Å². The smallest absolute Gasteiger partial charge is 0.342 e. The van der Waals surface area contributed by atoms with Gasteiger partial charge < -0.3 is 10.2 Å². The lowest BCUT2D eigenvalue weighted by Gasteiger charge is -2.28. The molecule has 0 saturated heterocycles. The average Bonchev–Trinajstić information content (AvgIpc) is 3.11. The molecule has 1 heterocycles. The van der Waals surface area contributed by atoms with Crippen LogP contribution in [-0.2, 0) is 15.8 Å². The maximum atomic E-state index is 12.7. The summed E-state index contributed by atoms with van der Waals surface area (Å²) in [6.07, 6.45) is -3.90. The Kier molecular flexibility index (Phi) is 8.39. The van der Waals surface area contributed by atoms with Crippen LogP contribution >= 0.6 is 11.3 Å². The molecule has 2 rings (SSSR count). The van der Waals surface area contributed by atoms with E-state index in [1.165, 1.54) is 12.1 Å². The Hall–Kier alpha value is -2.49. The number of hydrogen-bond donors (Lipinski definition) is 1. The van der Waals surface area contributed by atoms with Crippen LogP contribution in [0.3, 0.4) is 0 Å². The van der Waals surface area contributed by atoms with Crippen molar-refractivity contribution >= 4 is 28.3 Å². The van der Waals surface area contributed by atoms with Crippen LogP contribution in [0.5, 0.6) is 0 Å². The molecule has 0 aliphatic rings. The van der Waals surface area contributed by atoms with Crippen LogP contribution in [-0.4, -0.2) is 40.0 Å². The summed E-state index contributed by atoms with van der Waals surface area (Å²) in [5.41, 5.74) is -0.409. The van der Waals surface area contributed by atoms with Gasteiger partial charge in [-0.3, -0.25) is 9.59 Å². The number of anilines is 1. The molecular weight excluding hydrogens is 441 g/mol. The molecular formula is C22H29F3N4O2S. The summed E-state index contributed by atoms with van der Waals surface area (Å²) in [5, 5.41) is 11.1. The molecule has 1 N–H and O–H groups in total. The van der Waals surface area contributed by atoms with E-state index in [0.717, 1.165) is 23.5 Å². The lowest BCUT2D eigenvalue weighted by molar-refractivity contribution is -0.137. The molecule has 0 aliphatic heterocycles. The summed E-state index contributed by atoms with van der Waals surface area (Å²) in [5.74, 6) is -0.0200. The summed E-state index contributed by atoms with van der Waals surface area (Å²) >= 11 is 1.07. The molecule has 0 unspecified atom stereocenters. The molecule has 176 valence electrons. The Labute approximate surface area is 190 Å². The minimum Gasteiger partial charge on any atom is -0.342 e. The van der Waals surface area contributed by atoms with E-state index in [0.29, 0.717) is 30.1 Å². The number of carbonyl (C=O) groups is 2. The number of nitrogens with zero attached hydrogens (tertiary/aromatic N) is 3. The zero-order valence-electron chi connectivity index (χ0n) is 18.9. The predicted octanol–water partition coefficient (Wildman–Crippen LogP) is 5.47. The fourth-order valence-corrected chi connectivity index (χ4v) is 3.70. The van der Waals surface area contributed by atoms with Crippen molar-refractivity contribution in [2.45, 2.75) is 53.6 Å². The zero-order chi connectivity index (χ0) is 24.1. The number of benzene rings is 1. The van der Waals surface area contributed by atoms with E-state index in [1.54, 1.807) is 4.90 Å². The fraction of sp³-hybridized carbons (Fsp3) is 0.545. The minimum atomic E-state index is -4.41. The molecule has 6 nitrogen and oxygen atoms in total. The maximum absolute atomic E-state index is 12.7. The highest BCUT2D eigenvalue weighted by Crippen LogP contribution is 2.32. The van der Waals surface area contributed by atoms with Crippen molar-refractivity contribution < 1.29 is 22.8 Å². The van der Waals surface area contributed by atoms with Crippen LogP contribution in [0.25, 0.3) is 10.6 Å². The van der Waals surface area contributed by atoms with Crippen molar-refractivity contribution in [1.82, 2.24) is 15.1 Å². The standard InChI is InChI=1S/C22H29F3N4O2S/c1-14(2)13-29(18(31)12-21(3,4)5)11-10-17(30)26-20-28-27-19(32-20)15-6-8-16(9-7-15)22(23,24)25/h6-9,14H,10-13H2,1-5H3,(H,26,28,30). The van der Waals surface area contributed by atoms with Gasteiger partial charge in [-0.05, 0) is 23.5 Å². The van der Waals surface area contributed by atoms with Crippen LogP contribution in [0.2, 0.25) is 0 Å². The van der Waals surface area contributed by atoms with Crippen LogP contribution in [0.15, 0.2) is 24.3 Å². The second-order valence-electron chi connectivity index (χ2n) is 9.26. The van der Waals surface area contributed by atoms with Gasteiger partial charge >= 0.3 is 6.18 Å². The monoisotopic (exact) mass is 470 g/mol. The third-order valence-corrected chi connectivity index (χ3v) is 5.25. The Bertz CT molecular complexity index is 918. The first-order chi connectivity index (χ1) is 14.7. The van der Waals surface area contributed by atoms with Gasteiger partial charge in [0.25, 0.3) is 0 Å². The molecule has 1 aromatic heterocycles. The van der Waals surface area contributed by atoms with E-state index in [9.17, 15) is 22.8 Å². The van der Waals surface area contributed by atoms with Gasteiger partial charge in [-0.1, -0.05) is 58.1 Å². The third-order valence-electron chi connectivity index (χ3n) is 4.36. The minimum absolute atomic E-state index is 0.0134. The summed E-state index contributed by atoms with van der Waals surface area (Å²) in [4.78, 5) is 26.7. The van der Waals surface area contributed by atoms with Gasteiger partial charge in [-0.25, -0.2) is 0 Å². The maximum Gasteiger partial charge on any atom is 0.416 e. The lowest BCUT2D eigenvalue weighted by atomic mass is 9.91.